The number of carbonyl (C=O) groups excluding carboxylic acids is 1. The Morgan fingerprint density at radius 1 is 1.39 bits per heavy atom. The second-order valence-corrected chi connectivity index (χ2v) is 9.26. The molecule has 1 heterocycles. The number of amidine groups is 1. The average molecular weight is 463 g/mol. The summed E-state index contributed by atoms with van der Waals surface area (Å²) in [5.41, 5.74) is 0.224. The van der Waals surface area contributed by atoms with Gasteiger partial charge in [0, 0.05) is 13.1 Å². The van der Waals surface area contributed by atoms with Gasteiger partial charge in [-0.15, -0.1) is 0 Å². The van der Waals surface area contributed by atoms with Crippen molar-refractivity contribution in [2.24, 2.45) is 9.98 Å². The standard InChI is InChI=1S/C15H16Cl2N6O3S2/c1-3-23(4-2)28(25,26)14-12(24)13(22-27-14)21-15(19-8-18)20-10-7-5-6-9(16)11(10)17/h5-7,14H,3-4H2,1-2H3,(H2,19,20,21,22). The number of carbonyl (C=O) groups is 1. The van der Waals surface area contributed by atoms with Crippen molar-refractivity contribution in [1.82, 2.24) is 14.3 Å². The lowest BCUT2D eigenvalue weighted by Crippen LogP contribution is -2.40. The molecule has 0 spiro atoms. The number of nitrogens with zero attached hydrogens (tertiary/aromatic N) is 4. The molecule has 9 nitrogen and oxygen atoms in total. The summed E-state index contributed by atoms with van der Waals surface area (Å²) in [6, 6.07) is 4.71. The van der Waals surface area contributed by atoms with E-state index in [4.69, 9.17) is 28.5 Å². The van der Waals surface area contributed by atoms with E-state index in [0.29, 0.717) is 0 Å². The number of guanidine groups is 1. The lowest BCUT2D eigenvalue weighted by Gasteiger charge is -2.20. The van der Waals surface area contributed by atoms with Gasteiger partial charge >= 0.3 is 0 Å². The minimum absolute atomic E-state index is 0.142. The fourth-order valence-corrected chi connectivity index (χ4v) is 5.54. The van der Waals surface area contributed by atoms with Crippen LogP contribution in [-0.2, 0) is 14.8 Å². The van der Waals surface area contributed by atoms with Crippen molar-refractivity contribution in [3.8, 4) is 6.19 Å². The SMILES string of the molecule is CCN(CC)S(=O)(=O)C1SN/C(=N\C(=Nc2cccc(Cl)c2Cl)NC#N)C1=O. The maximum absolute atomic E-state index is 12.6. The summed E-state index contributed by atoms with van der Waals surface area (Å²) in [5.74, 6) is -1.23. The summed E-state index contributed by atoms with van der Waals surface area (Å²) in [4.78, 5) is 20.6. The molecule has 2 rings (SSSR count). The minimum atomic E-state index is -3.86. The van der Waals surface area contributed by atoms with Crippen LogP contribution >= 0.6 is 35.1 Å². The number of nitrogens with one attached hydrogen (secondary N) is 2. The van der Waals surface area contributed by atoms with E-state index in [1.807, 2.05) is 0 Å². The number of sulfonamides is 1. The van der Waals surface area contributed by atoms with Crippen LogP contribution in [0.4, 0.5) is 5.69 Å². The lowest BCUT2D eigenvalue weighted by molar-refractivity contribution is -0.111. The van der Waals surface area contributed by atoms with Crippen LogP contribution in [-0.4, -0.2) is 48.0 Å². The molecule has 0 radical (unpaired) electrons. The first-order valence-corrected chi connectivity index (χ1v) is 11.1. The van der Waals surface area contributed by atoms with E-state index in [1.54, 1.807) is 38.2 Å². The first-order chi connectivity index (χ1) is 13.3. The van der Waals surface area contributed by atoms with E-state index in [-0.39, 0.29) is 40.6 Å². The van der Waals surface area contributed by atoms with Crippen molar-refractivity contribution in [2.45, 2.75) is 18.4 Å². The Balaban J connectivity index is 2.37. The van der Waals surface area contributed by atoms with Crippen molar-refractivity contribution >= 4 is 68.4 Å². The van der Waals surface area contributed by atoms with E-state index in [0.717, 1.165) is 11.9 Å². The summed E-state index contributed by atoms with van der Waals surface area (Å²) < 4.78 is 27.6. The van der Waals surface area contributed by atoms with Gasteiger partial charge in [-0.2, -0.15) is 10.3 Å². The van der Waals surface area contributed by atoms with Gasteiger partial charge in [-0.3, -0.25) is 10.1 Å². The zero-order valence-electron chi connectivity index (χ0n) is 14.8. The predicted molar refractivity (Wildman–Crippen MR) is 111 cm³/mol. The Morgan fingerprint density at radius 2 is 2.07 bits per heavy atom. The van der Waals surface area contributed by atoms with Gasteiger partial charge in [0.15, 0.2) is 12.0 Å². The third-order valence-electron chi connectivity index (χ3n) is 3.59. The Hall–Kier alpha value is -1.84. The molecule has 0 aliphatic carbocycles. The van der Waals surface area contributed by atoms with Gasteiger partial charge in [0.05, 0.1) is 15.7 Å². The van der Waals surface area contributed by atoms with Gasteiger partial charge in [-0.05, 0) is 24.1 Å². The second kappa shape index (κ2) is 9.58. The quantitative estimate of drug-likeness (QED) is 0.226. The fourth-order valence-electron chi connectivity index (χ4n) is 2.25. The highest BCUT2D eigenvalue weighted by molar-refractivity contribution is 8.14. The first-order valence-electron chi connectivity index (χ1n) is 7.97. The highest BCUT2D eigenvalue weighted by Gasteiger charge is 2.44. The van der Waals surface area contributed by atoms with Crippen molar-refractivity contribution < 1.29 is 13.2 Å². The number of aliphatic imine (C=N–C) groups is 2. The molecule has 1 aliphatic heterocycles. The van der Waals surface area contributed by atoms with E-state index in [1.165, 1.54) is 4.31 Å². The fraction of sp³-hybridized carbons (Fsp3) is 0.333. The Kier molecular flexibility index (Phi) is 7.68. The van der Waals surface area contributed by atoms with Gasteiger partial charge in [-0.25, -0.2) is 17.7 Å². The predicted octanol–water partition coefficient (Wildman–Crippen LogP) is 2.27. The molecule has 0 amide bonds. The summed E-state index contributed by atoms with van der Waals surface area (Å²) in [7, 11) is -3.86. The van der Waals surface area contributed by atoms with E-state index >= 15 is 0 Å². The molecule has 0 saturated carbocycles. The Morgan fingerprint density at radius 3 is 2.68 bits per heavy atom. The van der Waals surface area contributed by atoms with Crippen LogP contribution in [0.25, 0.3) is 0 Å². The second-order valence-electron chi connectivity index (χ2n) is 5.25. The zero-order valence-corrected chi connectivity index (χ0v) is 18.0. The molecule has 0 bridgehead atoms. The zero-order chi connectivity index (χ0) is 20.9. The van der Waals surface area contributed by atoms with E-state index in [9.17, 15) is 13.2 Å². The molecule has 1 aliphatic rings. The van der Waals surface area contributed by atoms with Crippen LogP contribution in [0, 0.1) is 11.5 Å². The number of benzene rings is 1. The number of Topliss-reactive ketones (excluding diaryl/α,β-unsaturated/α-hetero) is 1. The number of ketones is 1. The Bertz CT molecular complexity index is 970. The molecule has 0 aromatic heterocycles. The highest BCUT2D eigenvalue weighted by atomic mass is 35.5. The smallest absolute Gasteiger partial charge is 0.238 e. The molecule has 2 N–H and O–H groups in total. The van der Waals surface area contributed by atoms with Crippen LogP contribution in [0.2, 0.25) is 10.0 Å². The van der Waals surface area contributed by atoms with Gasteiger partial charge in [0.1, 0.15) is 0 Å². The van der Waals surface area contributed by atoms with Crippen molar-refractivity contribution in [3.05, 3.63) is 28.2 Å². The number of nitriles is 1. The van der Waals surface area contributed by atoms with Crippen LogP contribution in [0.1, 0.15) is 13.8 Å². The van der Waals surface area contributed by atoms with Crippen molar-refractivity contribution in [1.29, 1.82) is 5.26 Å². The van der Waals surface area contributed by atoms with Crippen LogP contribution in [0.5, 0.6) is 0 Å². The van der Waals surface area contributed by atoms with Gasteiger partial charge < -0.3 is 4.72 Å². The van der Waals surface area contributed by atoms with Gasteiger partial charge in [0.2, 0.25) is 26.3 Å². The van der Waals surface area contributed by atoms with Crippen LogP contribution in [0.3, 0.4) is 0 Å². The third-order valence-corrected chi connectivity index (χ3v) is 8.15. The number of hydrogen-bond acceptors (Lipinski definition) is 6. The number of rotatable bonds is 5. The van der Waals surface area contributed by atoms with Gasteiger partial charge in [0.25, 0.3) is 0 Å². The molecule has 1 unspecified atom stereocenters. The maximum atomic E-state index is 12.6. The Labute approximate surface area is 177 Å². The molecular formula is C15H16Cl2N6O3S2. The molecule has 1 aromatic carbocycles. The summed E-state index contributed by atoms with van der Waals surface area (Å²) >= 11 is 12.7. The molecule has 150 valence electrons. The third kappa shape index (κ3) is 4.76. The lowest BCUT2D eigenvalue weighted by atomic mass is 10.3. The molecular weight excluding hydrogens is 447 g/mol. The van der Waals surface area contributed by atoms with Crippen LogP contribution < -0.4 is 10.0 Å². The van der Waals surface area contributed by atoms with Crippen molar-refractivity contribution in [3.63, 3.8) is 0 Å². The highest BCUT2D eigenvalue weighted by Crippen LogP contribution is 2.32. The number of hydrogen-bond donors (Lipinski definition) is 2. The minimum Gasteiger partial charge on any atom is -0.310 e. The molecule has 1 saturated heterocycles. The van der Waals surface area contributed by atoms with Gasteiger partial charge in [-0.1, -0.05) is 43.1 Å². The molecule has 1 atom stereocenters. The monoisotopic (exact) mass is 462 g/mol. The largest absolute Gasteiger partial charge is 0.310 e. The molecule has 13 heteroatoms. The van der Waals surface area contributed by atoms with Crippen molar-refractivity contribution in [2.75, 3.05) is 13.1 Å². The maximum Gasteiger partial charge on any atom is 0.238 e. The number of halogens is 2. The van der Waals surface area contributed by atoms with E-state index < -0.39 is 20.4 Å². The molecule has 1 aromatic rings. The topological polar surface area (TPSA) is 127 Å². The summed E-state index contributed by atoms with van der Waals surface area (Å²) in [5, 5.41) is 11.5. The van der Waals surface area contributed by atoms with Crippen LogP contribution in [0.15, 0.2) is 28.2 Å². The normalized spacial score (nSPS) is 19.0. The average Bonchev–Trinajstić information content (AvgIpc) is 3.01. The van der Waals surface area contributed by atoms with E-state index in [2.05, 4.69) is 20.0 Å². The summed E-state index contributed by atoms with van der Waals surface area (Å²) in [6.45, 7) is 3.85. The first kappa shape index (κ1) is 22.4. The molecule has 1 fully saturated rings. The molecule has 28 heavy (non-hydrogen) atoms. The summed E-state index contributed by atoms with van der Waals surface area (Å²) in [6.07, 6.45) is 1.65.